The summed E-state index contributed by atoms with van der Waals surface area (Å²) in [5.74, 6) is 0. The molecule has 0 aliphatic heterocycles. The lowest BCUT2D eigenvalue weighted by atomic mass is 10.4. The molecule has 0 aliphatic rings. The van der Waals surface area contributed by atoms with Gasteiger partial charge in [-0.1, -0.05) is 0 Å². The summed E-state index contributed by atoms with van der Waals surface area (Å²) in [6, 6.07) is -0.574. The maximum Gasteiger partial charge on any atom is 0.157 e. The highest BCUT2D eigenvalue weighted by Crippen LogP contribution is 1.76. The van der Waals surface area contributed by atoms with Crippen molar-refractivity contribution in [3.63, 3.8) is 0 Å². The summed E-state index contributed by atoms with van der Waals surface area (Å²) in [6.45, 7) is 1.37. The molecule has 0 aromatic carbocycles. The molecule has 11 heavy (non-hydrogen) atoms. The van der Waals surface area contributed by atoms with Gasteiger partial charge in [0.25, 0.3) is 0 Å². The first-order valence-electron chi connectivity index (χ1n) is 2.81. The van der Waals surface area contributed by atoms with Crippen molar-refractivity contribution in [2.75, 3.05) is 6.54 Å². The minimum atomic E-state index is -0.752. The molecule has 2 N–H and O–H groups in total. The van der Waals surface area contributed by atoms with E-state index >= 15 is 0 Å². The molecule has 0 bridgehead atoms. The molecule has 0 spiro atoms. The fourth-order valence-electron chi connectivity index (χ4n) is 0.437. The van der Waals surface area contributed by atoms with E-state index in [-0.39, 0.29) is 6.54 Å². The van der Waals surface area contributed by atoms with Gasteiger partial charge in [0.15, 0.2) is 10.1 Å². The van der Waals surface area contributed by atoms with Crippen LogP contribution in [0.25, 0.3) is 0 Å². The highest BCUT2D eigenvalue weighted by molar-refractivity contribution is 4.52. The average Bonchev–Trinajstić information content (AvgIpc) is 1.82. The van der Waals surface area contributed by atoms with Crippen LogP contribution in [0.15, 0.2) is 0 Å². The second kappa shape index (κ2) is 4.25. The third-order valence-corrected chi connectivity index (χ3v) is 0.852. The van der Waals surface area contributed by atoms with Gasteiger partial charge in [0.05, 0.1) is 0 Å². The van der Waals surface area contributed by atoms with Crippen LogP contribution in [0.3, 0.4) is 0 Å². The zero-order valence-electron chi connectivity index (χ0n) is 5.81. The van der Waals surface area contributed by atoms with Crippen molar-refractivity contribution in [1.82, 2.24) is 10.9 Å². The first-order chi connectivity index (χ1) is 5.02. The molecular formula is C3H8N4O4. The zero-order valence-corrected chi connectivity index (χ0v) is 5.81. The van der Waals surface area contributed by atoms with Crippen LogP contribution in [-0.4, -0.2) is 22.7 Å². The molecule has 0 aromatic rings. The molecule has 0 saturated carbocycles. The molecule has 0 fully saturated rings. The normalized spacial score (nSPS) is 11.7. The standard InChI is InChI=1S/C3H8N4O4/c1-3(5-7(10)11)2-4-6(8)9/h3-5H,2H2,1H3. The van der Waals surface area contributed by atoms with Crippen molar-refractivity contribution >= 4 is 0 Å². The van der Waals surface area contributed by atoms with E-state index in [1.54, 1.807) is 5.43 Å². The number of nitrogens with one attached hydrogen (secondary N) is 2. The van der Waals surface area contributed by atoms with E-state index in [0.717, 1.165) is 0 Å². The summed E-state index contributed by atoms with van der Waals surface area (Å²) in [5.41, 5.74) is 3.66. The predicted molar refractivity (Wildman–Crippen MR) is 34.6 cm³/mol. The fourth-order valence-corrected chi connectivity index (χ4v) is 0.437. The molecule has 64 valence electrons. The molecule has 8 heteroatoms. The Balaban J connectivity index is 3.44. The zero-order chi connectivity index (χ0) is 8.85. The van der Waals surface area contributed by atoms with E-state index < -0.39 is 16.1 Å². The Morgan fingerprint density at radius 1 is 1.36 bits per heavy atom. The largest absolute Gasteiger partial charge is 0.235 e. The van der Waals surface area contributed by atoms with Crippen molar-refractivity contribution in [3.05, 3.63) is 20.2 Å². The topological polar surface area (TPSA) is 110 Å². The highest BCUT2D eigenvalue weighted by atomic mass is 16.7. The Hall–Kier alpha value is -1.60. The monoisotopic (exact) mass is 164 g/mol. The molecule has 8 nitrogen and oxygen atoms in total. The van der Waals surface area contributed by atoms with E-state index in [1.807, 2.05) is 5.43 Å². The third-order valence-electron chi connectivity index (χ3n) is 0.852. The smallest absolute Gasteiger partial charge is 0.157 e. The quantitative estimate of drug-likeness (QED) is 0.395. The van der Waals surface area contributed by atoms with E-state index in [2.05, 4.69) is 0 Å². The number of hydrogen-bond donors (Lipinski definition) is 2. The lowest BCUT2D eigenvalue weighted by molar-refractivity contribution is -0.562. The van der Waals surface area contributed by atoms with Gasteiger partial charge in [0, 0.05) is 0 Å². The highest BCUT2D eigenvalue weighted by Gasteiger charge is 2.08. The van der Waals surface area contributed by atoms with Crippen molar-refractivity contribution in [1.29, 1.82) is 0 Å². The first kappa shape index (κ1) is 9.40. The fraction of sp³-hybridized carbons (Fsp3) is 1.00. The van der Waals surface area contributed by atoms with Crippen LogP contribution in [-0.2, 0) is 0 Å². The van der Waals surface area contributed by atoms with Gasteiger partial charge in [-0.15, -0.1) is 10.9 Å². The van der Waals surface area contributed by atoms with Gasteiger partial charge in [-0.3, -0.25) is 0 Å². The van der Waals surface area contributed by atoms with Gasteiger partial charge in [0.2, 0.25) is 0 Å². The minimum Gasteiger partial charge on any atom is -0.235 e. The molecule has 1 atom stereocenters. The molecular weight excluding hydrogens is 156 g/mol. The number of nitrogens with zero attached hydrogens (tertiary/aromatic N) is 2. The molecule has 0 aromatic heterocycles. The van der Waals surface area contributed by atoms with E-state index in [4.69, 9.17) is 0 Å². The molecule has 0 amide bonds. The average molecular weight is 164 g/mol. The molecule has 0 rings (SSSR count). The van der Waals surface area contributed by atoms with Crippen molar-refractivity contribution in [2.45, 2.75) is 13.0 Å². The number of nitro groups is 2. The van der Waals surface area contributed by atoms with E-state index in [9.17, 15) is 20.2 Å². The van der Waals surface area contributed by atoms with Crippen molar-refractivity contribution in [3.8, 4) is 0 Å². The van der Waals surface area contributed by atoms with Gasteiger partial charge in [-0.05, 0) is 6.92 Å². The predicted octanol–water partition coefficient (Wildman–Crippen LogP) is -1.06. The summed E-state index contributed by atoms with van der Waals surface area (Å²) in [7, 11) is 0. The number of hydrogen-bond acceptors (Lipinski definition) is 4. The number of hydrazine groups is 2. The summed E-state index contributed by atoms with van der Waals surface area (Å²) < 4.78 is 0. The van der Waals surface area contributed by atoms with Crippen LogP contribution >= 0.6 is 0 Å². The molecule has 0 saturated heterocycles. The van der Waals surface area contributed by atoms with Crippen LogP contribution in [0.4, 0.5) is 0 Å². The van der Waals surface area contributed by atoms with Gasteiger partial charge >= 0.3 is 0 Å². The Morgan fingerprint density at radius 3 is 2.27 bits per heavy atom. The molecule has 1 unspecified atom stereocenters. The Kier molecular flexibility index (Phi) is 3.63. The first-order valence-corrected chi connectivity index (χ1v) is 2.81. The number of rotatable bonds is 5. The maximum absolute atomic E-state index is 9.75. The summed E-state index contributed by atoms with van der Waals surface area (Å²) in [4.78, 5) is 19.4. The minimum absolute atomic E-state index is 0.0893. The van der Waals surface area contributed by atoms with Crippen LogP contribution in [0.2, 0.25) is 0 Å². The summed E-state index contributed by atoms with van der Waals surface area (Å²) in [6.07, 6.45) is 0. The van der Waals surface area contributed by atoms with E-state index in [0.29, 0.717) is 0 Å². The van der Waals surface area contributed by atoms with Crippen LogP contribution in [0.5, 0.6) is 0 Å². The van der Waals surface area contributed by atoms with Gasteiger partial charge in [0.1, 0.15) is 12.6 Å². The SMILES string of the molecule is CC(CN[N+](=O)[O-])N[N+](=O)[O-]. The van der Waals surface area contributed by atoms with Gasteiger partial charge in [-0.2, -0.15) is 0 Å². The third kappa shape index (κ3) is 6.28. The Bertz CT molecular complexity index is 159. The lowest BCUT2D eigenvalue weighted by Gasteiger charge is -2.03. The van der Waals surface area contributed by atoms with Gasteiger partial charge in [-0.25, -0.2) is 20.2 Å². The molecule has 0 heterocycles. The van der Waals surface area contributed by atoms with Gasteiger partial charge < -0.3 is 0 Å². The van der Waals surface area contributed by atoms with Crippen LogP contribution in [0, 0.1) is 20.2 Å². The second-order valence-corrected chi connectivity index (χ2v) is 1.91. The lowest BCUT2D eigenvalue weighted by Crippen LogP contribution is -2.41. The molecule has 0 aliphatic carbocycles. The second-order valence-electron chi connectivity index (χ2n) is 1.91. The summed E-state index contributed by atoms with van der Waals surface area (Å²) >= 11 is 0. The van der Waals surface area contributed by atoms with E-state index in [1.165, 1.54) is 6.92 Å². The molecule has 0 radical (unpaired) electrons. The van der Waals surface area contributed by atoms with Crippen molar-refractivity contribution < 1.29 is 10.1 Å². The van der Waals surface area contributed by atoms with Crippen LogP contribution < -0.4 is 10.9 Å². The Labute approximate surface area is 61.8 Å². The maximum atomic E-state index is 9.75. The van der Waals surface area contributed by atoms with Crippen LogP contribution in [0.1, 0.15) is 6.92 Å². The Morgan fingerprint density at radius 2 is 1.91 bits per heavy atom. The summed E-state index contributed by atoms with van der Waals surface area (Å²) in [5, 5.41) is 17.9. The van der Waals surface area contributed by atoms with Crippen molar-refractivity contribution in [2.24, 2.45) is 0 Å².